The second-order valence-corrected chi connectivity index (χ2v) is 4.89. The number of hydrogen-bond acceptors (Lipinski definition) is 1. The average Bonchev–Trinajstić information content (AvgIpc) is 2.48. The molecule has 0 heterocycles. The van der Waals surface area contributed by atoms with Gasteiger partial charge in [0.25, 0.3) is 0 Å². The van der Waals surface area contributed by atoms with E-state index in [1.165, 1.54) is 17.7 Å². The highest BCUT2D eigenvalue weighted by Crippen LogP contribution is 2.20. The predicted octanol–water partition coefficient (Wildman–Crippen LogP) is 4.03. The third-order valence-electron chi connectivity index (χ3n) is 3.53. The molecule has 0 saturated carbocycles. The van der Waals surface area contributed by atoms with E-state index in [0.29, 0.717) is 6.42 Å². The van der Waals surface area contributed by atoms with E-state index in [0.717, 1.165) is 17.5 Å². The van der Waals surface area contributed by atoms with Crippen LogP contribution in [0.4, 0.5) is 8.78 Å². The van der Waals surface area contributed by atoms with Crippen LogP contribution in [0.25, 0.3) is 0 Å². The van der Waals surface area contributed by atoms with Crippen molar-refractivity contribution in [2.24, 2.45) is 0 Å². The third kappa shape index (κ3) is 3.42. The largest absolute Gasteiger partial charge is 0.313 e. The lowest BCUT2D eigenvalue weighted by atomic mass is 9.97. The van der Waals surface area contributed by atoms with Crippen LogP contribution in [0, 0.1) is 11.6 Å². The summed E-state index contributed by atoms with van der Waals surface area (Å²) in [4.78, 5) is 0. The molecule has 20 heavy (non-hydrogen) atoms. The highest BCUT2D eigenvalue weighted by atomic mass is 19.2. The molecule has 1 nitrogen and oxygen atoms in total. The maximum Gasteiger partial charge on any atom is 0.159 e. The normalized spacial score (nSPS) is 12.4. The molecule has 0 saturated heterocycles. The zero-order valence-electron chi connectivity index (χ0n) is 11.8. The lowest BCUT2D eigenvalue weighted by Crippen LogP contribution is -2.19. The lowest BCUT2D eigenvalue weighted by Gasteiger charge is -2.17. The molecule has 1 N–H and O–H groups in total. The minimum Gasteiger partial charge on any atom is -0.313 e. The summed E-state index contributed by atoms with van der Waals surface area (Å²) in [6.07, 6.45) is 1.61. The molecule has 0 aliphatic rings. The van der Waals surface area contributed by atoms with Crippen LogP contribution in [0.2, 0.25) is 0 Å². The van der Waals surface area contributed by atoms with Crippen molar-refractivity contribution in [3.63, 3.8) is 0 Å². The van der Waals surface area contributed by atoms with Gasteiger partial charge in [-0.3, -0.25) is 0 Å². The molecule has 1 atom stereocenters. The van der Waals surface area contributed by atoms with Gasteiger partial charge < -0.3 is 5.32 Å². The summed E-state index contributed by atoms with van der Waals surface area (Å²) in [6.45, 7) is 2.11. The van der Waals surface area contributed by atoms with E-state index < -0.39 is 11.6 Å². The van der Waals surface area contributed by atoms with Gasteiger partial charge in [-0.1, -0.05) is 37.3 Å². The van der Waals surface area contributed by atoms with E-state index in [4.69, 9.17) is 0 Å². The van der Waals surface area contributed by atoms with Crippen molar-refractivity contribution in [1.29, 1.82) is 0 Å². The van der Waals surface area contributed by atoms with Crippen molar-refractivity contribution in [2.45, 2.75) is 25.8 Å². The third-order valence-corrected chi connectivity index (χ3v) is 3.53. The first-order valence-corrected chi connectivity index (χ1v) is 6.84. The fourth-order valence-electron chi connectivity index (χ4n) is 2.32. The maximum atomic E-state index is 13.3. The van der Waals surface area contributed by atoms with Crippen LogP contribution in [-0.4, -0.2) is 7.05 Å². The molecular weight excluding hydrogens is 256 g/mol. The summed E-state index contributed by atoms with van der Waals surface area (Å²) >= 11 is 0. The molecule has 2 aromatic carbocycles. The second-order valence-electron chi connectivity index (χ2n) is 4.89. The van der Waals surface area contributed by atoms with Gasteiger partial charge in [-0.25, -0.2) is 8.78 Å². The Kier molecular flexibility index (Phi) is 4.85. The average molecular weight is 275 g/mol. The first kappa shape index (κ1) is 14.7. The number of rotatable bonds is 5. The Labute approximate surface area is 118 Å². The zero-order chi connectivity index (χ0) is 14.5. The van der Waals surface area contributed by atoms with Crippen molar-refractivity contribution < 1.29 is 8.78 Å². The Balaban J connectivity index is 2.21. The Morgan fingerprint density at radius 1 is 1.00 bits per heavy atom. The first-order valence-electron chi connectivity index (χ1n) is 6.84. The minimum absolute atomic E-state index is 0.0892. The van der Waals surface area contributed by atoms with Crippen LogP contribution in [-0.2, 0) is 12.8 Å². The van der Waals surface area contributed by atoms with Crippen LogP contribution in [0.15, 0.2) is 42.5 Å². The van der Waals surface area contributed by atoms with Gasteiger partial charge in [-0.2, -0.15) is 0 Å². The Morgan fingerprint density at radius 2 is 1.80 bits per heavy atom. The smallest absolute Gasteiger partial charge is 0.159 e. The van der Waals surface area contributed by atoms with Crippen molar-refractivity contribution in [3.05, 3.63) is 70.8 Å². The van der Waals surface area contributed by atoms with Crippen molar-refractivity contribution in [2.75, 3.05) is 7.05 Å². The summed E-state index contributed by atoms with van der Waals surface area (Å²) in [5.74, 6) is -1.60. The SMILES string of the molecule is CCc1cccc(C(Cc2ccc(F)c(F)c2)NC)c1. The van der Waals surface area contributed by atoms with Crippen LogP contribution in [0.5, 0.6) is 0 Å². The van der Waals surface area contributed by atoms with E-state index in [-0.39, 0.29) is 6.04 Å². The molecule has 0 bridgehead atoms. The number of halogens is 2. The fourth-order valence-corrected chi connectivity index (χ4v) is 2.32. The number of hydrogen-bond donors (Lipinski definition) is 1. The molecule has 0 amide bonds. The van der Waals surface area contributed by atoms with Gasteiger partial charge in [0.2, 0.25) is 0 Å². The second kappa shape index (κ2) is 6.62. The highest BCUT2D eigenvalue weighted by Gasteiger charge is 2.12. The number of benzene rings is 2. The van der Waals surface area contributed by atoms with Gasteiger partial charge >= 0.3 is 0 Å². The van der Waals surface area contributed by atoms with Crippen LogP contribution in [0.3, 0.4) is 0 Å². The van der Waals surface area contributed by atoms with Gasteiger partial charge in [-0.15, -0.1) is 0 Å². The van der Waals surface area contributed by atoms with Crippen LogP contribution in [0.1, 0.15) is 29.7 Å². The summed E-state index contributed by atoms with van der Waals surface area (Å²) < 4.78 is 26.2. The van der Waals surface area contributed by atoms with Gasteiger partial charge in [0, 0.05) is 6.04 Å². The van der Waals surface area contributed by atoms with E-state index >= 15 is 0 Å². The molecule has 0 aromatic heterocycles. The number of likely N-dealkylation sites (N-methyl/N-ethyl adjacent to an activating group) is 1. The highest BCUT2D eigenvalue weighted by molar-refractivity contribution is 5.28. The molecule has 0 fully saturated rings. The summed E-state index contributed by atoms with van der Waals surface area (Å²) in [5.41, 5.74) is 3.22. The first-order chi connectivity index (χ1) is 9.63. The number of aryl methyl sites for hydroxylation is 1. The standard InChI is InChI=1S/C17H19F2N/c1-3-12-5-4-6-14(9-12)17(20-2)11-13-7-8-15(18)16(19)10-13/h4-10,17,20H,3,11H2,1-2H3. The molecule has 3 heteroatoms. The summed E-state index contributed by atoms with van der Waals surface area (Å²) in [6, 6.07) is 12.5. The Hall–Kier alpha value is -1.74. The van der Waals surface area contributed by atoms with Gasteiger partial charge in [0.15, 0.2) is 11.6 Å². The van der Waals surface area contributed by atoms with Crippen molar-refractivity contribution in [1.82, 2.24) is 5.32 Å². The topological polar surface area (TPSA) is 12.0 Å². The van der Waals surface area contributed by atoms with E-state index in [2.05, 4.69) is 30.4 Å². The Morgan fingerprint density at radius 3 is 2.45 bits per heavy atom. The number of nitrogens with one attached hydrogen (secondary N) is 1. The molecule has 106 valence electrons. The van der Waals surface area contributed by atoms with Crippen LogP contribution >= 0.6 is 0 Å². The maximum absolute atomic E-state index is 13.3. The van der Waals surface area contributed by atoms with Gasteiger partial charge in [-0.05, 0) is 48.7 Å². The van der Waals surface area contributed by atoms with Crippen molar-refractivity contribution in [3.8, 4) is 0 Å². The monoisotopic (exact) mass is 275 g/mol. The fraction of sp³-hybridized carbons (Fsp3) is 0.294. The zero-order valence-corrected chi connectivity index (χ0v) is 11.8. The van der Waals surface area contributed by atoms with E-state index in [1.807, 2.05) is 13.1 Å². The molecule has 0 spiro atoms. The van der Waals surface area contributed by atoms with Gasteiger partial charge in [0.05, 0.1) is 0 Å². The minimum atomic E-state index is -0.803. The van der Waals surface area contributed by atoms with E-state index in [9.17, 15) is 8.78 Å². The van der Waals surface area contributed by atoms with Crippen molar-refractivity contribution >= 4 is 0 Å². The van der Waals surface area contributed by atoms with E-state index in [1.54, 1.807) is 6.07 Å². The molecular formula is C17H19F2N. The van der Waals surface area contributed by atoms with Crippen LogP contribution < -0.4 is 5.32 Å². The molecule has 0 aliphatic heterocycles. The molecule has 1 unspecified atom stereocenters. The predicted molar refractivity (Wildman–Crippen MR) is 77.7 cm³/mol. The Bertz CT molecular complexity index is 581. The lowest BCUT2D eigenvalue weighted by molar-refractivity contribution is 0.504. The molecule has 0 aliphatic carbocycles. The van der Waals surface area contributed by atoms with Gasteiger partial charge in [0.1, 0.15) is 0 Å². The molecule has 2 rings (SSSR count). The summed E-state index contributed by atoms with van der Waals surface area (Å²) in [5, 5.41) is 3.24. The molecule has 2 aromatic rings. The molecule has 0 radical (unpaired) electrons. The quantitative estimate of drug-likeness (QED) is 0.868. The summed E-state index contributed by atoms with van der Waals surface area (Å²) in [7, 11) is 1.88.